The number of sulfonamides is 1. The lowest BCUT2D eigenvalue weighted by atomic mass is 9.99. The van der Waals surface area contributed by atoms with Crippen molar-refractivity contribution in [1.29, 1.82) is 0 Å². The molecule has 1 saturated heterocycles. The van der Waals surface area contributed by atoms with Crippen molar-refractivity contribution in [2.45, 2.75) is 178 Å². The highest BCUT2D eigenvalue weighted by Gasteiger charge is 2.67. The highest BCUT2D eigenvalue weighted by molar-refractivity contribution is 9.10. The maximum absolute atomic E-state index is 14.5. The fourth-order valence-corrected chi connectivity index (χ4v) is 12.9. The number of carbonyl (C=O) groups excluding carboxylic acids is 10. The first-order chi connectivity index (χ1) is 45.6. The van der Waals surface area contributed by atoms with Crippen molar-refractivity contribution in [3.63, 3.8) is 0 Å². The number of ether oxygens (including phenoxy) is 6. The summed E-state index contributed by atoms with van der Waals surface area (Å²) in [4.78, 5) is 134. The number of fused-ring (bicyclic) bond motifs is 2. The number of nitrogens with one attached hydrogen (secondary N) is 6. The van der Waals surface area contributed by atoms with Gasteiger partial charge in [-0.2, -0.15) is 5.10 Å². The Bertz CT molecular complexity index is 3220. The molecule has 31 heteroatoms. The molecule has 3 fully saturated rings. The van der Waals surface area contributed by atoms with Crippen molar-refractivity contribution in [2.75, 3.05) is 92.0 Å². The molecule has 2 saturated carbocycles. The third-order valence-corrected chi connectivity index (χ3v) is 19.0. The Morgan fingerprint density at radius 1 is 0.684 bits per heavy atom. The molecule has 3 heterocycles. The van der Waals surface area contributed by atoms with Gasteiger partial charge in [0.15, 0.2) is 5.69 Å². The summed E-state index contributed by atoms with van der Waals surface area (Å²) < 4.78 is 60.3. The summed E-state index contributed by atoms with van der Waals surface area (Å²) >= 11 is 3.33. The fraction of sp³-hybridized carbons (Fsp3) is 0.656. The first-order valence-corrected chi connectivity index (χ1v) is 35.2. The smallest absolute Gasteiger partial charge is 0.328 e. The van der Waals surface area contributed by atoms with E-state index >= 15 is 0 Å². The molecule has 8 N–H and O–H groups in total. The maximum atomic E-state index is 14.5. The van der Waals surface area contributed by atoms with Crippen molar-refractivity contribution >= 4 is 102 Å². The number of aryl methyl sites for hydroxylation is 1. The third kappa shape index (κ3) is 26.1. The number of carbonyl (C=O) groups is 10. The van der Waals surface area contributed by atoms with Crippen LogP contribution in [0.3, 0.4) is 0 Å². The van der Waals surface area contributed by atoms with Crippen molar-refractivity contribution in [2.24, 2.45) is 11.1 Å². The number of aromatic nitrogens is 3. The maximum Gasteiger partial charge on any atom is 0.328 e. The summed E-state index contributed by atoms with van der Waals surface area (Å²) in [6.45, 7) is 2.00. The largest absolute Gasteiger partial charge is 0.469 e. The molecule has 3 aromatic rings. The molecule has 0 spiro atoms. The van der Waals surface area contributed by atoms with E-state index in [0.717, 1.165) is 38.5 Å². The van der Waals surface area contributed by atoms with Crippen LogP contribution in [0, 0.1) is 12.3 Å². The number of piperidine rings is 1. The van der Waals surface area contributed by atoms with Crippen molar-refractivity contribution in [3.05, 3.63) is 51.8 Å². The van der Waals surface area contributed by atoms with E-state index in [1.165, 1.54) is 86.9 Å². The number of halogens is 1. The number of unbranched alkanes of at least 4 members (excludes halogenated alkanes) is 13. The van der Waals surface area contributed by atoms with Crippen LogP contribution in [0.5, 0.6) is 0 Å². The van der Waals surface area contributed by atoms with E-state index in [-0.39, 0.29) is 150 Å². The molecular weight excluding hydrogens is 1320 g/mol. The van der Waals surface area contributed by atoms with Crippen LogP contribution < -0.4 is 37.0 Å². The highest BCUT2D eigenvalue weighted by Crippen LogP contribution is 2.59. The van der Waals surface area contributed by atoms with Gasteiger partial charge < -0.3 is 65.6 Å². The van der Waals surface area contributed by atoms with Crippen LogP contribution >= 0.6 is 15.9 Å². The standard InChI is InChI=1S/C64H94BrN11O18S/c1-43-20-26-51(65)71-60(43)72-62(85)49-37-64(38-50(64)76(49)56(81)39-75-48-36-44(21-24-46(48)58(73-75)59(66)83)61(84)74-95(87,88)45-22-23-45)42-69-55(80)41-94-35-33-92-31-29-68-54(79)40-93-34-32-91-30-28-67-52(77)27-25-47(63(86)90-3)70-53(78)18-16-14-12-10-8-6-4-5-7-9-11-13-15-17-19-57(82)89-2/h20-21,24,26,36,45,47,49-50H,4-19,22-23,25,27-35,37-42H2,1-3H3,(H2,66,83)(H,67,77)(H,68,79)(H,69,80)(H,70,78)(H,74,84)(H,71,72,85)/t47-,49-,50+,64-/m0/s1. The lowest BCUT2D eigenvalue weighted by Crippen LogP contribution is -2.47. The van der Waals surface area contributed by atoms with E-state index in [1.54, 1.807) is 19.1 Å². The van der Waals surface area contributed by atoms with Crippen LogP contribution in [0.4, 0.5) is 5.82 Å². The molecular formula is C64H94BrN11O18S. The number of primary amides is 1. The van der Waals surface area contributed by atoms with E-state index in [0.29, 0.717) is 42.3 Å². The van der Waals surface area contributed by atoms with Crippen LogP contribution in [-0.4, -0.2) is 197 Å². The summed E-state index contributed by atoms with van der Waals surface area (Å²) in [6.07, 6.45) is 17.8. The second-order valence-electron chi connectivity index (χ2n) is 24.2. The van der Waals surface area contributed by atoms with Gasteiger partial charge in [0, 0.05) is 61.3 Å². The number of rotatable bonds is 48. The molecule has 8 amide bonds. The number of hydrogen-bond donors (Lipinski definition) is 7. The van der Waals surface area contributed by atoms with E-state index in [2.05, 4.69) is 62.1 Å². The molecule has 1 aliphatic heterocycles. The number of esters is 2. The molecule has 1 aromatic carbocycles. The molecule has 3 aliphatic rings. The molecule has 526 valence electrons. The Balaban J connectivity index is 0.784. The molecule has 0 bridgehead atoms. The first kappa shape index (κ1) is 76.8. The van der Waals surface area contributed by atoms with Gasteiger partial charge in [-0.3, -0.25) is 47.8 Å². The zero-order valence-corrected chi connectivity index (χ0v) is 57.1. The minimum absolute atomic E-state index is 0.0132. The average Bonchev–Trinajstić information content (AvgIpc) is 1.54. The summed E-state index contributed by atoms with van der Waals surface area (Å²) in [5.74, 6) is -4.79. The van der Waals surface area contributed by atoms with Gasteiger partial charge in [0.25, 0.3) is 11.8 Å². The predicted octanol–water partition coefficient (Wildman–Crippen LogP) is 4.09. The number of amides is 8. The number of anilines is 1. The lowest BCUT2D eigenvalue weighted by Gasteiger charge is -2.27. The van der Waals surface area contributed by atoms with Crippen LogP contribution in [0.1, 0.15) is 168 Å². The number of nitrogens with zero attached hydrogens (tertiary/aromatic N) is 4. The monoisotopic (exact) mass is 1420 g/mol. The SMILES string of the molecule is COC(=O)CCCCCCCCCCCCCCCCC(=O)N[C@@H](CCC(=O)NCCOCCOCC(=O)NCCOCCOCC(=O)NC[C@@]12C[C@@H](C(=O)Nc3nc(Br)ccc3C)N(C(=O)Cn3nc(C(N)=O)c4ccc(C(=O)NS(=O)(=O)C5CC5)cc43)[C@@H]1C2)C(=O)OC. The van der Waals surface area contributed by atoms with Crippen LogP contribution in [0.25, 0.3) is 10.9 Å². The van der Waals surface area contributed by atoms with Gasteiger partial charge in [-0.15, -0.1) is 0 Å². The van der Waals surface area contributed by atoms with Gasteiger partial charge in [0.05, 0.1) is 64.6 Å². The zero-order chi connectivity index (χ0) is 68.8. The van der Waals surface area contributed by atoms with Gasteiger partial charge in [0.2, 0.25) is 45.5 Å². The zero-order valence-electron chi connectivity index (χ0n) is 54.7. The summed E-state index contributed by atoms with van der Waals surface area (Å²) in [5.41, 5.74) is 5.52. The van der Waals surface area contributed by atoms with Crippen molar-refractivity contribution in [1.82, 2.24) is 45.7 Å². The van der Waals surface area contributed by atoms with Crippen LogP contribution in [0.2, 0.25) is 0 Å². The van der Waals surface area contributed by atoms with Crippen LogP contribution in [-0.2, 0) is 83.3 Å². The second kappa shape index (κ2) is 39.8. The van der Waals surface area contributed by atoms with E-state index in [9.17, 15) is 56.4 Å². The Hall–Kier alpha value is -7.19. The van der Waals surface area contributed by atoms with Crippen molar-refractivity contribution in [3.8, 4) is 0 Å². The quantitative estimate of drug-likeness (QED) is 0.0238. The molecule has 2 aromatic heterocycles. The number of pyridine rings is 1. The highest BCUT2D eigenvalue weighted by atomic mass is 79.9. The Labute approximate surface area is 562 Å². The van der Waals surface area contributed by atoms with Gasteiger partial charge in [0.1, 0.15) is 42.3 Å². The third-order valence-electron chi connectivity index (χ3n) is 16.8. The fourth-order valence-electron chi connectivity index (χ4n) is 11.2. The normalized spacial score (nSPS) is 16.7. The predicted molar refractivity (Wildman–Crippen MR) is 350 cm³/mol. The molecule has 6 rings (SSSR count). The summed E-state index contributed by atoms with van der Waals surface area (Å²) in [6, 6.07) is 5.05. The van der Waals surface area contributed by atoms with E-state index < -0.39 is 80.9 Å². The van der Waals surface area contributed by atoms with E-state index in [1.807, 2.05) is 0 Å². The topological polar surface area (TPSA) is 392 Å². The molecule has 0 radical (unpaired) electrons. The first-order valence-electron chi connectivity index (χ1n) is 32.8. The van der Waals surface area contributed by atoms with Gasteiger partial charge in [-0.05, 0) is 97.6 Å². The van der Waals surface area contributed by atoms with Gasteiger partial charge in [-0.1, -0.05) is 83.1 Å². The molecule has 95 heavy (non-hydrogen) atoms. The molecule has 29 nitrogen and oxygen atoms in total. The minimum atomic E-state index is -3.90. The minimum Gasteiger partial charge on any atom is -0.469 e. The Morgan fingerprint density at radius 3 is 1.85 bits per heavy atom. The molecule has 0 unspecified atom stereocenters. The Morgan fingerprint density at radius 2 is 1.26 bits per heavy atom. The lowest BCUT2D eigenvalue weighted by molar-refractivity contribution is -0.145. The van der Waals surface area contributed by atoms with Crippen LogP contribution in [0.15, 0.2) is 34.9 Å². The van der Waals surface area contributed by atoms with Gasteiger partial charge >= 0.3 is 11.9 Å². The summed E-state index contributed by atoms with van der Waals surface area (Å²) in [7, 11) is -1.24. The number of likely N-dealkylation sites (tertiary alicyclic amines) is 1. The number of nitrogens with two attached hydrogens (primary N) is 1. The Kier molecular flexibility index (Phi) is 32.1. The second-order valence-corrected chi connectivity index (χ2v) is 27.0. The number of methoxy groups -OCH3 is 2. The summed E-state index contributed by atoms with van der Waals surface area (Å²) in [5, 5.41) is 17.7. The van der Waals surface area contributed by atoms with Gasteiger partial charge in [-0.25, -0.2) is 22.9 Å². The van der Waals surface area contributed by atoms with E-state index in [4.69, 9.17) is 29.4 Å². The number of hydrogen-bond acceptors (Lipinski definition) is 20. The van der Waals surface area contributed by atoms with Crippen molar-refractivity contribution < 1.29 is 84.8 Å². The molecule has 4 atom stereocenters. The average molecular weight is 1420 g/mol. The number of benzene rings is 1. The molecule has 2 aliphatic carbocycles.